The number of carbonyl (C=O) groups is 15. The first-order valence-electron chi connectivity index (χ1n) is 38.2. The molecular formula is C70H121N11O38S. The molecule has 0 saturated heterocycles. The van der Waals surface area contributed by atoms with Crippen LogP contribution >= 0.6 is 12.6 Å². The van der Waals surface area contributed by atoms with Crippen LogP contribution in [0.4, 0.5) is 0 Å². The maximum absolute atomic E-state index is 15.1. The number of hydrogen-bond donors (Lipinski definition) is 34. The third-order valence-electron chi connectivity index (χ3n) is 19.1. The number of aliphatic hydroxyl groups is 20. The molecule has 0 aromatic rings. The molecule has 24 atom stereocenters. The van der Waals surface area contributed by atoms with Crippen molar-refractivity contribution in [2.24, 2.45) is 40.1 Å². The van der Waals surface area contributed by atoms with Crippen LogP contribution in [0.25, 0.3) is 0 Å². The van der Waals surface area contributed by atoms with Crippen LogP contribution in [0.3, 0.4) is 0 Å². The monoisotopic (exact) mass is 1760 g/mol. The van der Waals surface area contributed by atoms with Crippen molar-refractivity contribution in [3.63, 3.8) is 0 Å². The van der Waals surface area contributed by atoms with Gasteiger partial charge in [-0.2, -0.15) is 12.6 Å². The standard InChI is InChI=1S/C70H121N11O38S/c1-2-35(86)18-31(5-11-51(98)74-22-43(90)57(106)61(110)47(94)26-82)65(114)79-37(9-15-55(102)103)41(88)20-33(7-13-53(100)76-24-45(92)59(108)63(112)49(96)28-84)66(115)78-36(4-3-17-73-70(71)72)40(87)19-32(6-12-52(99)75-23-44(91)58(107)62(111)48(95)27-83)67(116)80-38(10-16-56(104)105)42(89)21-34(68(117)81-39(30-120)69(118)119)8-14-54(101)77-25-46(93)60(109)64(113)50(97)29-85/h31-34,36-39,43-50,57-64,82-85,90-97,106-113,120H,2-30H2,1H3,(H,74,98)(H,75,99)(H,76,100)(H,77,101)(H,78,115)(H,79,114)(H,80,116)(H,81,117)(H,102,103)(H,104,105)(H,118,119)(H4,71,72,73)/t31-,32-,33-,34-,36+,37+,38+,39+,43+,44+,45+,46+,47-,48-,49-,50-,57-,58-,59-,60-,61-,62-,63-,64-/m1/s1. The van der Waals surface area contributed by atoms with E-state index in [0.717, 1.165) is 0 Å². The third-order valence-corrected chi connectivity index (χ3v) is 19.4. The maximum atomic E-state index is 15.1. The number of rotatable bonds is 68. The minimum atomic E-state index is -2.23. The van der Waals surface area contributed by atoms with E-state index in [1.54, 1.807) is 0 Å². The molecule has 0 fully saturated rings. The molecule has 50 heteroatoms. The molecule has 0 spiro atoms. The number of hydrogen-bond acceptors (Lipinski definition) is 37. The molecule has 0 aliphatic rings. The van der Waals surface area contributed by atoms with E-state index in [9.17, 15) is 170 Å². The van der Waals surface area contributed by atoms with Gasteiger partial charge in [-0.25, -0.2) is 4.79 Å². The zero-order chi connectivity index (χ0) is 92.0. The lowest BCUT2D eigenvalue weighted by Gasteiger charge is -2.27. The first-order chi connectivity index (χ1) is 56.2. The fourth-order valence-electron chi connectivity index (χ4n) is 11.4. The van der Waals surface area contributed by atoms with Crippen LogP contribution in [0.1, 0.15) is 129 Å². The molecule has 0 aliphatic carbocycles. The quantitative estimate of drug-likeness (QED) is 0.0116. The number of amides is 8. The van der Waals surface area contributed by atoms with Crippen molar-refractivity contribution in [2.45, 2.75) is 251 Å². The number of aliphatic hydroxyl groups excluding tert-OH is 20. The summed E-state index contributed by atoms with van der Waals surface area (Å²) in [6, 6.07) is -7.64. The van der Waals surface area contributed by atoms with E-state index in [1.807, 2.05) is 0 Å². The van der Waals surface area contributed by atoms with Crippen LogP contribution in [-0.4, -0.2) is 398 Å². The Morgan fingerprint density at radius 1 is 0.333 bits per heavy atom. The smallest absolute Gasteiger partial charge is 0.327 e. The summed E-state index contributed by atoms with van der Waals surface area (Å²) in [6.45, 7) is -6.69. The summed E-state index contributed by atoms with van der Waals surface area (Å²) in [5, 5.41) is 246. The number of nitrogens with zero attached hydrogens (tertiary/aromatic N) is 1. The molecule has 0 bridgehead atoms. The number of aliphatic carboxylic acids is 3. The number of nitrogens with one attached hydrogen (secondary N) is 8. The summed E-state index contributed by atoms with van der Waals surface area (Å²) in [6.07, 6.45) is -47.7. The minimum Gasteiger partial charge on any atom is -0.481 e. The van der Waals surface area contributed by atoms with Crippen LogP contribution in [0, 0.1) is 23.7 Å². The Hall–Kier alpha value is -8.33. The van der Waals surface area contributed by atoms with E-state index in [0.29, 0.717) is 0 Å². The molecule has 8 amide bonds. The highest BCUT2D eigenvalue weighted by molar-refractivity contribution is 7.80. The Morgan fingerprint density at radius 2 is 0.575 bits per heavy atom. The van der Waals surface area contributed by atoms with Gasteiger partial charge in [0.05, 0.1) is 69.0 Å². The van der Waals surface area contributed by atoms with E-state index in [4.69, 9.17) is 21.7 Å². The van der Waals surface area contributed by atoms with Crippen LogP contribution in [-0.2, 0) is 71.9 Å². The van der Waals surface area contributed by atoms with Crippen molar-refractivity contribution in [2.75, 3.05) is 64.9 Å². The molecule has 0 aromatic carbocycles. The van der Waals surface area contributed by atoms with E-state index >= 15 is 9.59 Å². The van der Waals surface area contributed by atoms with Gasteiger partial charge in [0.2, 0.25) is 47.3 Å². The Kier molecular flexibility index (Phi) is 55.3. The fraction of sp³-hybridized carbons (Fsp3) is 0.771. The molecular weight excluding hydrogens is 1630 g/mol. The number of thiol groups is 1. The molecule has 35 N–H and O–H groups in total. The SMILES string of the molecule is CCC(=O)C[C@@H](CCC(=O)NC[C@H](O)[C@@H](O)[C@H](O)[C@H](O)CO)C(=O)N[C@@H](CCC(=O)O)C(=O)C[C@@H](CCC(=O)NC[C@H](O)[C@@H](O)[C@H](O)[C@H](O)CO)C(=O)N[C@@H](CCCN=C(N)N)C(=O)C[C@@H](CCC(=O)NC[C@H](O)[C@@H](O)[C@H](O)[C@H](O)CO)C(=O)N[C@@H](CCC(=O)O)C(=O)C[C@@H](CCC(=O)NC[C@H](O)[C@@H](O)[C@H](O)[C@H](O)CO)C(=O)N[C@@H](CS)C(=O)O. The molecule has 0 aromatic heterocycles. The van der Waals surface area contributed by atoms with Crippen molar-refractivity contribution < 1.29 is 189 Å². The van der Waals surface area contributed by atoms with Crippen molar-refractivity contribution >= 4 is 107 Å². The first-order valence-corrected chi connectivity index (χ1v) is 38.8. The van der Waals surface area contributed by atoms with Gasteiger partial charge in [-0.1, -0.05) is 6.92 Å². The van der Waals surface area contributed by atoms with Gasteiger partial charge in [-0.3, -0.25) is 72.1 Å². The topological polar surface area (TPSA) is 882 Å². The summed E-state index contributed by atoms with van der Waals surface area (Å²) in [5.74, 6) is -26.5. The van der Waals surface area contributed by atoms with Crippen LogP contribution in [0.5, 0.6) is 0 Å². The first kappa shape index (κ1) is 112. The van der Waals surface area contributed by atoms with Crippen LogP contribution < -0.4 is 54.0 Å². The maximum Gasteiger partial charge on any atom is 0.327 e. The number of ketones is 4. The average Bonchev–Trinajstić information content (AvgIpc) is 0.852. The average molecular weight is 1760 g/mol. The summed E-state index contributed by atoms with van der Waals surface area (Å²) in [4.78, 5) is 209. The zero-order valence-electron chi connectivity index (χ0n) is 65.8. The van der Waals surface area contributed by atoms with Gasteiger partial charge in [0.25, 0.3) is 0 Å². The largest absolute Gasteiger partial charge is 0.481 e. The van der Waals surface area contributed by atoms with Gasteiger partial charge in [0.15, 0.2) is 23.3 Å². The van der Waals surface area contributed by atoms with Crippen molar-refractivity contribution in [1.29, 1.82) is 0 Å². The summed E-state index contributed by atoms with van der Waals surface area (Å²) in [5.41, 5.74) is 11.1. The molecule has 0 heterocycles. The van der Waals surface area contributed by atoms with Crippen molar-refractivity contribution in [1.82, 2.24) is 42.5 Å². The number of carbonyl (C=O) groups excluding carboxylic acids is 12. The van der Waals surface area contributed by atoms with Crippen LogP contribution in [0.2, 0.25) is 0 Å². The molecule has 0 rings (SSSR count). The highest BCUT2D eigenvalue weighted by atomic mass is 32.1. The van der Waals surface area contributed by atoms with E-state index in [2.05, 4.69) is 60.2 Å². The molecule has 0 radical (unpaired) electrons. The van der Waals surface area contributed by atoms with Gasteiger partial charge in [0, 0.05) is 133 Å². The molecule has 120 heavy (non-hydrogen) atoms. The van der Waals surface area contributed by atoms with Gasteiger partial charge in [-0.15, -0.1) is 0 Å². The number of carboxylic acid groups (broad SMARTS) is 3. The Balaban J connectivity index is 8.28. The number of aliphatic imine (C=N–C) groups is 1. The lowest BCUT2D eigenvalue weighted by Crippen LogP contribution is -2.50. The van der Waals surface area contributed by atoms with E-state index in [1.165, 1.54) is 6.92 Å². The second kappa shape index (κ2) is 59.4. The summed E-state index contributed by atoms with van der Waals surface area (Å²) >= 11 is 3.91. The van der Waals surface area contributed by atoms with Crippen LogP contribution in [0.15, 0.2) is 4.99 Å². The molecule has 0 unspecified atom stereocenters. The Bertz CT molecular complexity index is 3280. The second-order valence-corrected chi connectivity index (χ2v) is 28.9. The van der Waals surface area contributed by atoms with Crippen molar-refractivity contribution in [3.05, 3.63) is 0 Å². The highest BCUT2D eigenvalue weighted by Gasteiger charge is 2.40. The normalized spacial score (nSPS) is 17.6. The number of guanidine groups is 1. The predicted molar refractivity (Wildman–Crippen MR) is 409 cm³/mol. The molecule has 690 valence electrons. The Labute approximate surface area is 692 Å². The molecule has 0 aliphatic heterocycles. The predicted octanol–water partition coefficient (Wildman–Crippen LogP) is -15.2. The lowest BCUT2D eigenvalue weighted by molar-refractivity contribution is -0.142. The van der Waals surface area contributed by atoms with E-state index < -0.39 is 407 Å². The van der Waals surface area contributed by atoms with Gasteiger partial charge in [-0.05, 0) is 51.4 Å². The zero-order valence-corrected chi connectivity index (χ0v) is 66.7. The Morgan fingerprint density at radius 3 is 0.800 bits per heavy atom. The highest BCUT2D eigenvalue weighted by Crippen LogP contribution is 2.24. The fourth-order valence-corrected chi connectivity index (χ4v) is 11.6. The van der Waals surface area contributed by atoms with Gasteiger partial charge < -0.3 is 171 Å². The molecule has 0 saturated carbocycles. The number of Topliss-reactive ketones (excluding diaryl/α,β-unsaturated/α-hetero) is 4. The van der Waals surface area contributed by atoms with Crippen molar-refractivity contribution in [3.8, 4) is 0 Å². The van der Waals surface area contributed by atoms with Gasteiger partial charge in [0.1, 0.15) is 85.1 Å². The minimum absolute atomic E-state index is 0.191. The van der Waals surface area contributed by atoms with E-state index in [-0.39, 0.29) is 19.4 Å². The number of nitrogens with two attached hydrogens (primary N) is 2. The van der Waals surface area contributed by atoms with Gasteiger partial charge >= 0.3 is 17.9 Å². The third kappa shape index (κ3) is 43.4. The summed E-state index contributed by atoms with van der Waals surface area (Å²) in [7, 11) is 0. The number of carboxylic acids is 3. The second-order valence-electron chi connectivity index (χ2n) is 28.5. The lowest BCUT2D eigenvalue weighted by atomic mass is 9.88. The molecule has 49 nitrogen and oxygen atoms in total. The summed E-state index contributed by atoms with van der Waals surface area (Å²) < 4.78 is 0.